The molecular weight excluding hydrogens is 526 g/mol. The molecule has 3 aromatic rings. The summed E-state index contributed by atoms with van der Waals surface area (Å²) in [6.45, 7) is 9.95. The van der Waals surface area contributed by atoms with E-state index in [1.54, 1.807) is 43.3 Å². The molecule has 214 valence electrons. The minimum Gasteiger partial charge on any atom is -0.494 e. The molecule has 3 aromatic carbocycles. The summed E-state index contributed by atoms with van der Waals surface area (Å²) in [5, 5.41) is 2.85. The van der Waals surface area contributed by atoms with Crippen molar-refractivity contribution in [3.05, 3.63) is 89.5 Å². The monoisotopic (exact) mass is 565 g/mol. The van der Waals surface area contributed by atoms with E-state index in [4.69, 9.17) is 4.74 Å². The van der Waals surface area contributed by atoms with Crippen LogP contribution in [0.1, 0.15) is 43.9 Å². The second-order valence-corrected chi connectivity index (χ2v) is 11.6. The van der Waals surface area contributed by atoms with Gasteiger partial charge in [0.15, 0.2) is 0 Å². The molecule has 9 heteroatoms. The zero-order valence-corrected chi connectivity index (χ0v) is 24.7. The molecule has 0 fully saturated rings. The standard InChI is InChI=1S/C31H39N3O5S/c1-6-20-32-31(36)25(5)33(21-26-12-8-23(3)9-13-26)30(35)22-34(27-14-10-24(4)11-15-27)40(37,38)29-18-16-28(17-19-29)39-7-2/h8-19,25H,6-7,20-22H2,1-5H3,(H,32,36)/t25-/m1/s1. The number of sulfonamides is 1. The number of aryl methyl sites for hydroxylation is 2. The summed E-state index contributed by atoms with van der Waals surface area (Å²) in [7, 11) is -4.14. The van der Waals surface area contributed by atoms with Crippen LogP contribution in [0.3, 0.4) is 0 Å². The summed E-state index contributed by atoms with van der Waals surface area (Å²) in [4.78, 5) is 28.3. The van der Waals surface area contributed by atoms with Crippen LogP contribution in [0.25, 0.3) is 0 Å². The van der Waals surface area contributed by atoms with Gasteiger partial charge in [-0.3, -0.25) is 13.9 Å². The summed E-state index contributed by atoms with van der Waals surface area (Å²) in [6.07, 6.45) is 0.756. The Kier molecular flexibility index (Phi) is 10.7. The van der Waals surface area contributed by atoms with E-state index in [1.807, 2.05) is 52.0 Å². The molecule has 0 bridgehead atoms. The van der Waals surface area contributed by atoms with Crippen molar-refractivity contribution < 1.29 is 22.7 Å². The van der Waals surface area contributed by atoms with E-state index in [0.29, 0.717) is 24.6 Å². The third kappa shape index (κ3) is 7.85. The number of amides is 2. The summed E-state index contributed by atoms with van der Waals surface area (Å²) in [6, 6.07) is 19.9. The molecule has 0 heterocycles. The van der Waals surface area contributed by atoms with Gasteiger partial charge in [0.05, 0.1) is 17.2 Å². The van der Waals surface area contributed by atoms with Gasteiger partial charge in [0.2, 0.25) is 11.8 Å². The normalized spacial score (nSPS) is 11.9. The summed E-state index contributed by atoms with van der Waals surface area (Å²) in [5.41, 5.74) is 3.22. The maximum absolute atomic E-state index is 13.9. The Balaban J connectivity index is 2.00. The number of nitrogens with one attached hydrogen (secondary N) is 1. The van der Waals surface area contributed by atoms with Crippen LogP contribution in [0, 0.1) is 13.8 Å². The first-order chi connectivity index (χ1) is 19.1. The fourth-order valence-electron chi connectivity index (χ4n) is 4.11. The average molecular weight is 566 g/mol. The van der Waals surface area contributed by atoms with Crippen LogP contribution in [0.4, 0.5) is 5.69 Å². The quantitative estimate of drug-likeness (QED) is 0.320. The predicted molar refractivity (Wildman–Crippen MR) is 158 cm³/mol. The van der Waals surface area contributed by atoms with Crippen molar-refractivity contribution in [1.82, 2.24) is 10.2 Å². The highest BCUT2D eigenvalue weighted by Gasteiger charge is 2.32. The van der Waals surface area contributed by atoms with Gasteiger partial charge in [-0.05, 0) is 76.1 Å². The zero-order valence-electron chi connectivity index (χ0n) is 23.9. The Labute approximate surface area is 238 Å². The van der Waals surface area contributed by atoms with E-state index in [2.05, 4.69) is 5.32 Å². The Bertz CT molecular complexity index is 1370. The molecule has 0 aliphatic carbocycles. The number of hydrogen-bond donors (Lipinski definition) is 1. The number of nitrogens with zero attached hydrogens (tertiary/aromatic N) is 2. The van der Waals surface area contributed by atoms with Gasteiger partial charge in [0.25, 0.3) is 10.0 Å². The van der Waals surface area contributed by atoms with Crippen molar-refractivity contribution >= 4 is 27.5 Å². The van der Waals surface area contributed by atoms with Gasteiger partial charge in [-0.25, -0.2) is 8.42 Å². The molecule has 0 unspecified atom stereocenters. The Morgan fingerprint density at radius 1 is 0.875 bits per heavy atom. The highest BCUT2D eigenvalue weighted by Crippen LogP contribution is 2.26. The van der Waals surface area contributed by atoms with Gasteiger partial charge in [0, 0.05) is 13.1 Å². The zero-order chi connectivity index (χ0) is 29.3. The van der Waals surface area contributed by atoms with E-state index in [-0.39, 0.29) is 17.3 Å². The fourth-order valence-corrected chi connectivity index (χ4v) is 5.52. The number of rotatable bonds is 13. The van der Waals surface area contributed by atoms with Gasteiger partial charge in [-0.15, -0.1) is 0 Å². The first-order valence-electron chi connectivity index (χ1n) is 13.5. The van der Waals surface area contributed by atoms with Crippen LogP contribution in [0.2, 0.25) is 0 Å². The number of benzene rings is 3. The molecule has 2 amide bonds. The van der Waals surface area contributed by atoms with Gasteiger partial charge in [-0.2, -0.15) is 0 Å². The summed E-state index contributed by atoms with van der Waals surface area (Å²) >= 11 is 0. The Morgan fingerprint density at radius 3 is 2.00 bits per heavy atom. The van der Waals surface area contributed by atoms with Crippen LogP contribution in [0.15, 0.2) is 77.7 Å². The van der Waals surface area contributed by atoms with Crippen LogP contribution in [-0.4, -0.2) is 50.9 Å². The minimum atomic E-state index is -4.14. The molecule has 0 radical (unpaired) electrons. The fraction of sp³-hybridized carbons (Fsp3) is 0.355. The molecule has 1 N–H and O–H groups in total. The first kappa shape index (κ1) is 30.7. The molecule has 0 aromatic heterocycles. The lowest BCUT2D eigenvalue weighted by Gasteiger charge is -2.32. The maximum Gasteiger partial charge on any atom is 0.264 e. The topological polar surface area (TPSA) is 96.0 Å². The van der Waals surface area contributed by atoms with E-state index in [0.717, 1.165) is 27.4 Å². The smallest absolute Gasteiger partial charge is 0.264 e. The average Bonchev–Trinajstić information content (AvgIpc) is 2.94. The lowest BCUT2D eigenvalue weighted by Crippen LogP contribution is -2.51. The lowest BCUT2D eigenvalue weighted by atomic mass is 10.1. The molecule has 0 saturated carbocycles. The maximum atomic E-state index is 13.9. The van der Waals surface area contributed by atoms with Gasteiger partial charge >= 0.3 is 0 Å². The third-order valence-electron chi connectivity index (χ3n) is 6.51. The van der Waals surface area contributed by atoms with E-state index < -0.39 is 28.5 Å². The van der Waals surface area contributed by atoms with Gasteiger partial charge < -0.3 is 15.0 Å². The SMILES string of the molecule is CCCNC(=O)[C@@H](C)N(Cc1ccc(C)cc1)C(=O)CN(c1ccc(C)cc1)S(=O)(=O)c1ccc(OCC)cc1. The number of anilines is 1. The molecular formula is C31H39N3O5S. The van der Waals surface area contributed by atoms with Crippen LogP contribution in [-0.2, 0) is 26.2 Å². The highest BCUT2D eigenvalue weighted by molar-refractivity contribution is 7.92. The number of hydrogen-bond acceptors (Lipinski definition) is 5. The summed E-state index contributed by atoms with van der Waals surface area (Å²) in [5.74, 6) is -0.232. The Hall–Kier alpha value is -3.85. The van der Waals surface area contributed by atoms with Gasteiger partial charge in [-0.1, -0.05) is 54.4 Å². The van der Waals surface area contributed by atoms with Crippen molar-refractivity contribution in [2.45, 2.75) is 58.5 Å². The van der Waals surface area contributed by atoms with Crippen LogP contribution in [0.5, 0.6) is 5.75 Å². The largest absolute Gasteiger partial charge is 0.494 e. The molecule has 0 aliphatic rings. The second kappa shape index (κ2) is 14.0. The minimum absolute atomic E-state index is 0.0307. The van der Waals surface area contributed by atoms with Crippen molar-refractivity contribution in [3.8, 4) is 5.75 Å². The molecule has 40 heavy (non-hydrogen) atoms. The molecule has 0 saturated heterocycles. The number of carbonyl (C=O) groups excluding carboxylic acids is 2. The third-order valence-corrected chi connectivity index (χ3v) is 8.30. The van der Waals surface area contributed by atoms with Crippen LogP contribution >= 0.6 is 0 Å². The van der Waals surface area contributed by atoms with Crippen molar-refractivity contribution in [2.24, 2.45) is 0 Å². The van der Waals surface area contributed by atoms with Crippen LogP contribution < -0.4 is 14.4 Å². The molecule has 0 spiro atoms. The lowest BCUT2D eigenvalue weighted by molar-refractivity contribution is -0.139. The van der Waals surface area contributed by atoms with Crippen molar-refractivity contribution in [3.63, 3.8) is 0 Å². The van der Waals surface area contributed by atoms with Gasteiger partial charge in [0.1, 0.15) is 18.3 Å². The van der Waals surface area contributed by atoms with Crippen molar-refractivity contribution in [2.75, 3.05) is 24.0 Å². The molecule has 8 nitrogen and oxygen atoms in total. The number of carbonyl (C=O) groups is 2. The van der Waals surface area contributed by atoms with E-state index in [1.165, 1.54) is 17.0 Å². The Morgan fingerprint density at radius 2 is 1.45 bits per heavy atom. The highest BCUT2D eigenvalue weighted by atomic mass is 32.2. The van der Waals surface area contributed by atoms with E-state index in [9.17, 15) is 18.0 Å². The first-order valence-corrected chi connectivity index (χ1v) is 15.0. The van der Waals surface area contributed by atoms with E-state index >= 15 is 0 Å². The summed E-state index contributed by atoms with van der Waals surface area (Å²) < 4.78 is 34.4. The molecule has 3 rings (SSSR count). The second-order valence-electron chi connectivity index (χ2n) is 9.73. The number of ether oxygens (including phenoxy) is 1. The molecule has 0 aliphatic heterocycles. The predicted octanol–water partition coefficient (Wildman–Crippen LogP) is 4.84. The van der Waals surface area contributed by atoms with Crippen molar-refractivity contribution in [1.29, 1.82) is 0 Å². The molecule has 1 atom stereocenters.